The van der Waals surface area contributed by atoms with Crippen LogP contribution >= 0.6 is 0 Å². The normalized spacial score (nSPS) is 18.8. The van der Waals surface area contributed by atoms with Gasteiger partial charge in [-0.15, -0.1) is 0 Å². The molecule has 3 nitrogen and oxygen atoms in total. The van der Waals surface area contributed by atoms with Crippen molar-refractivity contribution in [2.45, 2.75) is 25.3 Å². The van der Waals surface area contributed by atoms with Crippen molar-refractivity contribution in [3.63, 3.8) is 0 Å². The number of amides is 1. The van der Waals surface area contributed by atoms with Crippen molar-refractivity contribution in [1.82, 2.24) is 9.88 Å². The summed E-state index contributed by atoms with van der Waals surface area (Å²) in [4.78, 5) is 18.9. The van der Waals surface area contributed by atoms with E-state index in [1.165, 1.54) is 0 Å². The minimum atomic E-state index is 0.124. The molecule has 0 radical (unpaired) electrons. The van der Waals surface area contributed by atoms with Gasteiger partial charge in [0.05, 0.1) is 6.04 Å². The molecule has 1 aliphatic heterocycles. The van der Waals surface area contributed by atoms with Crippen molar-refractivity contribution in [3.05, 3.63) is 66.0 Å². The quantitative estimate of drug-likeness (QED) is 0.834. The third kappa shape index (κ3) is 2.57. The maximum atomic E-state index is 12.7. The van der Waals surface area contributed by atoms with Crippen molar-refractivity contribution < 1.29 is 4.79 Å². The predicted molar refractivity (Wildman–Crippen MR) is 78.3 cm³/mol. The van der Waals surface area contributed by atoms with E-state index >= 15 is 0 Å². The first kappa shape index (κ1) is 12.9. The third-order valence-corrected chi connectivity index (χ3v) is 3.85. The standard InChI is InChI=1S/C17H18N2O/c20-17(14-7-2-1-3-8-14)19-12-5-4-10-16(19)15-9-6-11-18-13-15/h1-3,6-9,11,13,16H,4-5,10,12H2. The van der Waals surface area contributed by atoms with Crippen LogP contribution < -0.4 is 0 Å². The van der Waals surface area contributed by atoms with Crippen LogP contribution in [0.2, 0.25) is 0 Å². The molecule has 2 aromatic rings. The fourth-order valence-corrected chi connectivity index (χ4v) is 2.84. The monoisotopic (exact) mass is 266 g/mol. The average Bonchev–Trinajstić information content (AvgIpc) is 2.56. The van der Waals surface area contributed by atoms with Gasteiger partial charge in [0.1, 0.15) is 0 Å². The minimum Gasteiger partial charge on any atom is -0.332 e. The highest BCUT2D eigenvalue weighted by atomic mass is 16.2. The van der Waals surface area contributed by atoms with Crippen molar-refractivity contribution in [2.24, 2.45) is 0 Å². The molecule has 102 valence electrons. The molecule has 1 aromatic heterocycles. The zero-order valence-electron chi connectivity index (χ0n) is 11.4. The zero-order chi connectivity index (χ0) is 13.8. The lowest BCUT2D eigenvalue weighted by Gasteiger charge is -2.36. The van der Waals surface area contributed by atoms with Gasteiger partial charge in [0.15, 0.2) is 0 Å². The summed E-state index contributed by atoms with van der Waals surface area (Å²) >= 11 is 0. The van der Waals surface area contributed by atoms with E-state index in [4.69, 9.17) is 0 Å². The molecule has 1 saturated heterocycles. The molecule has 1 aromatic carbocycles. The second kappa shape index (κ2) is 5.87. The molecular weight excluding hydrogens is 248 g/mol. The van der Waals surface area contributed by atoms with Gasteiger partial charge in [-0.2, -0.15) is 0 Å². The Labute approximate surface area is 119 Å². The number of piperidine rings is 1. The highest BCUT2D eigenvalue weighted by Crippen LogP contribution is 2.31. The van der Waals surface area contributed by atoms with Crippen molar-refractivity contribution >= 4 is 5.91 Å². The first-order valence-electron chi connectivity index (χ1n) is 7.12. The van der Waals surface area contributed by atoms with Gasteiger partial charge < -0.3 is 4.90 Å². The Morgan fingerprint density at radius 2 is 1.95 bits per heavy atom. The number of carbonyl (C=O) groups is 1. The molecule has 0 bridgehead atoms. The zero-order valence-corrected chi connectivity index (χ0v) is 11.4. The molecule has 1 fully saturated rings. The topological polar surface area (TPSA) is 33.2 Å². The molecule has 3 rings (SSSR count). The van der Waals surface area contributed by atoms with E-state index in [-0.39, 0.29) is 11.9 Å². The minimum absolute atomic E-state index is 0.124. The maximum Gasteiger partial charge on any atom is 0.254 e. The molecule has 1 amide bonds. The summed E-state index contributed by atoms with van der Waals surface area (Å²) in [6.07, 6.45) is 6.91. The molecule has 2 heterocycles. The van der Waals surface area contributed by atoms with Gasteiger partial charge in [-0.3, -0.25) is 9.78 Å². The number of hydrogen-bond acceptors (Lipinski definition) is 2. The summed E-state index contributed by atoms with van der Waals surface area (Å²) in [7, 11) is 0. The van der Waals surface area contributed by atoms with E-state index in [2.05, 4.69) is 11.1 Å². The lowest BCUT2D eigenvalue weighted by molar-refractivity contribution is 0.0611. The van der Waals surface area contributed by atoms with E-state index in [1.54, 1.807) is 6.20 Å². The third-order valence-electron chi connectivity index (χ3n) is 3.85. The molecule has 1 aliphatic rings. The van der Waals surface area contributed by atoms with Gasteiger partial charge in [0.2, 0.25) is 0 Å². The van der Waals surface area contributed by atoms with Crippen LogP contribution in [0.25, 0.3) is 0 Å². The molecule has 0 spiro atoms. The fraction of sp³-hybridized carbons (Fsp3) is 0.294. The largest absolute Gasteiger partial charge is 0.332 e. The highest BCUT2D eigenvalue weighted by molar-refractivity contribution is 5.94. The first-order valence-corrected chi connectivity index (χ1v) is 7.12. The number of carbonyl (C=O) groups excluding carboxylic acids is 1. The predicted octanol–water partition coefficient (Wildman–Crippen LogP) is 3.45. The molecule has 0 N–H and O–H groups in total. The van der Waals surface area contributed by atoms with Crippen molar-refractivity contribution in [2.75, 3.05) is 6.54 Å². The summed E-state index contributed by atoms with van der Waals surface area (Å²) in [6.45, 7) is 0.827. The van der Waals surface area contributed by atoms with Crippen molar-refractivity contribution in [1.29, 1.82) is 0 Å². The van der Waals surface area contributed by atoms with Gasteiger partial charge >= 0.3 is 0 Å². The van der Waals surface area contributed by atoms with Gasteiger partial charge in [0.25, 0.3) is 5.91 Å². The Bertz CT molecular complexity index is 568. The van der Waals surface area contributed by atoms with Gasteiger partial charge in [0, 0.05) is 24.5 Å². The Hall–Kier alpha value is -2.16. The van der Waals surface area contributed by atoms with Crippen LogP contribution in [0.15, 0.2) is 54.9 Å². The molecule has 20 heavy (non-hydrogen) atoms. The molecule has 3 heteroatoms. The summed E-state index contributed by atoms with van der Waals surface area (Å²) in [5, 5.41) is 0. The molecule has 0 aliphatic carbocycles. The molecule has 1 unspecified atom stereocenters. The van der Waals surface area contributed by atoms with Gasteiger partial charge in [-0.1, -0.05) is 24.3 Å². The Morgan fingerprint density at radius 1 is 1.10 bits per heavy atom. The van der Waals surface area contributed by atoms with Crippen LogP contribution in [-0.2, 0) is 0 Å². The van der Waals surface area contributed by atoms with E-state index in [0.29, 0.717) is 0 Å². The molecule has 0 saturated carbocycles. The number of hydrogen-bond donors (Lipinski definition) is 0. The number of likely N-dealkylation sites (tertiary alicyclic amines) is 1. The fourth-order valence-electron chi connectivity index (χ4n) is 2.84. The number of pyridine rings is 1. The SMILES string of the molecule is O=C(c1ccccc1)N1CCCCC1c1cccnc1. The van der Waals surface area contributed by atoms with E-state index in [0.717, 1.165) is 36.9 Å². The van der Waals surface area contributed by atoms with Crippen LogP contribution in [-0.4, -0.2) is 22.3 Å². The van der Waals surface area contributed by atoms with Gasteiger partial charge in [-0.05, 0) is 43.0 Å². The van der Waals surface area contributed by atoms with Crippen LogP contribution in [0.1, 0.15) is 41.2 Å². The van der Waals surface area contributed by atoms with Crippen LogP contribution in [0.3, 0.4) is 0 Å². The summed E-state index contributed by atoms with van der Waals surface area (Å²) < 4.78 is 0. The van der Waals surface area contributed by atoms with E-state index in [1.807, 2.05) is 47.5 Å². The Morgan fingerprint density at radius 3 is 2.70 bits per heavy atom. The second-order valence-electron chi connectivity index (χ2n) is 5.16. The van der Waals surface area contributed by atoms with Crippen LogP contribution in [0.5, 0.6) is 0 Å². The molecular formula is C17H18N2O. The second-order valence-corrected chi connectivity index (χ2v) is 5.16. The smallest absolute Gasteiger partial charge is 0.254 e. The first-order chi connectivity index (χ1) is 9.86. The average molecular weight is 266 g/mol. The Kier molecular flexibility index (Phi) is 3.77. The number of benzene rings is 1. The lowest BCUT2D eigenvalue weighted by Crippen LogP contribution is -2.38. The van der Waals surface area contributed by atoms with E-state index < -0.39 is 0 Å². The number of aromatic nitrogens is 1. The molecule has 1 atom stereocenters. The summed E-state index contributed by atoms with van der Waals surface area (Å²) in [5.74, 6) is 0.124. The van der Waals surface area contributed by atoms with Gasteiger partial charge in [-0.25, -0.2) is 0 Å². The summed E-state index contributed by atoms with van der Waals surface area (Å²) in [5.41, 5.74) is 1.90. The number of nitrogens with zero attached hydrogens (tertiary/aromatic N) is 2. The lowest BCUT2D eigenvalue weighted by atomic mass is 9.95. The summed E-state index contributed by atoms with van der Waals surface area (Å²) in [6, 6.07) is 13.7. The van der Waals surface area contributed by atoms with E-state index in [9.17, 15) is 4.79 Å². The number of rotatable bonds is 2. The van der Waals surface area contributed by atoms with Crippen molar-refractivity contribution in [3.8, 4) is 0 Å². The Balaban J connectivity index is 1.88. The van der Waals surface area contributed by atoms with Crippen LogP contribution in [0.4, 0.5) is 0 Å². The highest BCUT2D eigenvalue weighted by Gasteiger charge is 2.28. The van der Waals surface area contributed by atoms with Crippen LogP contribution in [0, 0.1) is 0 Å². The maximum absolute atomic E-state index is 12.7.